The van der Waals surface area contributed by atoms with E-state index in [-0.39, 0.29) is 0 Å². The minimum Gasteiger partial charge on any atom is -0.352 e. The van der Waals surface area contributed by atoms with Crippen LogP contribution in [-0.4, -0.2) is 53.3 Å². The minimum absolute atomic E-state index is 0.470. The third-order valence-corrected chi connectivity index (χ3v) is 3.92. The van der Waals surface area contributed by atoms with Gasteiger partial charge in [-0.3, -0.25) is 9.20 Å². The highest BCUT2D eigenvalue weighted by molar-refractivity contribution is 5.83. The maximum absolute atomic E-state index is 11.4. The monoisotopic (exact) mass is 258 g/mol. The van der Waals surface area contributed by atoms with Crippen LogP contribution in [0.3, 0.4) is 0 Å². The molecule has 1 aliphatic rings. The van der Waals surface area contributed by atoms with Gasteiger partial charge in [-0.15, -0.1) is 0 Å². The molecular weight excluding hydrogens is 240 g/mol. The standard InChI is InChI=1S/C14H18N4O/c1-11-9-17(8-7-16(11)2)14-12(10-19)18-6-4-3-5-13(18)15-14/h3-6,10-11H,7-9H2,1-2H3. The van der Waals surface area contributed by atoms with Crippen molar-refractivity contribution in [3.8, 4) is 0 Å². The third-order valence-electron chi connectivity index (χ3n) is 3.92. The maximum Gasteiger partial charge on any atom is 0.170 e. The molecule has 5 nitrogen and oxygen atoms in total. The summed E-state index contributed by atoms with van der Waals surface area (Å²) < 4.78 is 1.85. The summed E-state index contributed by atoms with van der Waals surface area (Å²) in [4.78, 5) is 20.5. The first-order valence-electron chi connectivity index (χ1n) is 6.58. The van der Waals surface area contributed by atoms with Crippen molar-refractivity contribution in [2.75, 3.05) is 31.6 Å². The van der Waals surface area contributed by atoms with E-state index < -0.39 is 0 Å². The molecule has 0 N–H and O–H groups in total. The number of aromatic nitrogens is 2. The summed E-state index contributed by atoms with van der Waals surface area (Å²) in [6.45, 7) is 5.00. The molecule has 0 amide bonds. The lowest BCUT2D eigenvalue weighted by Crippen LogP contribution is -2.50. The Bertz CT molecular complexity index is 607. The molecule has 0 aromatic carbocycles. The van der Waals surface area contributed by atoms with E-state index in [2.05, 4.69) is 28.8 Å². The highest BCUT2D eigenvalue weighted by atomic mass is 16.1. The molecule has 19 heavy (non-hydrogen) atoms. The van der Waals surface area contributed by atoms with Crippen LogP contribution in [-0.2, 0) is 0 Å². The molecule has 1 aliphatic heterocycles. The summed E-state index contributed by atoms with van der Waals surface area (Å²) in [5.41, 5.74) is 1.47. The van der Waals surface area contributed by atoms with Crippen LogP contribution in [0.5, 0.6) is 0 Å². The zero-order chi connectivity index (χ0) is 13.4. The molecule has 0 spiro atoms. The van der Waals surface area contributed by atoms with E-state index in [1.165, 1.54) is 0 Å². The van der Waals surface area contributed by atoms with Crippen LogP contribution >= 0.6 is 0 Å². The predicted octanol–water partition coefficient (Wildman–Crippen LogP) is 1.29. The number of nitrogens with zero attached hydrogens (tertiary/aromatic N) is 4. The quantitative estimate of drug-likeness (QED) is 0.761. The van der Waals surface area contributed by atoms with Crippen molar-refractivity contribution in [2.45, 2.75) is 13.0 Å². The van der Waals surface area contributed by atoms with E-state index in [0.717, 1.165) is 37.4 Å². The zero-order valence-electron chi connectivity index (χ0n) is 11.3. The first-order valence-corrected chi connectivity index (χ1v) is 6.58. The zero-order valence-corrected chi connectivity index (χ0v) is 11.3. The van der Waals surface area contributed by atoms with Crippen molar-refractivity contribution >= 4 is 17.8 Å². The molecule has 1 saturated heterocycles. The Kier molecular flexibility index (Phi) is 2.98. The normalized spacial score (nSPS) is 20.9. The minimum atomic E-state index is 0.470. The van der Waals surface area contributed by atoms with Gasteiger partial charge in [0.25, 0.3) is 0 Å². The second kappa shape index (κ2) is 4.66. The van der Waals surface area contributed by atoms with Crippen LogP contribution in [0, 0.1) is 0 Å². The highest BCUT2D eigenvalue weighted by Gasteiger charge is 2.25. The van der Waals surface area contributed by atoms with E-state index in [9.17, 15) is 4.79 Å². The third kappa shape index (κ3) is 2.00. The lowest BCUT2D eigenvalue weighted by molar-refractivity contribution is 0.111. The van der Waals surface area contributed by atoms with Gasteiger partial charge in [0.2, 0.25) is 0 Å². The fourth-order valence-corrected chi connectivity index (χ4v) is 2.59. The van der Waals surface area contributed by atoms with Crippen LogP contribution in [0.4, 0.5) is 5.82 Å². The summed E-state index contributed by atoms with van der Waals surface area (Å²) in [5.74, 6) is 0.807. The molecule has 2 aromatic heterocycles. The fraction of sp³-hybridized carbons (Fsp3) is 0.429. The van der Waals surface area contributed by atoms with Gasteiger partial charge in [0.1, 0.15) is 11.3 Å². The van der Waals surface area contributed by atoms with E-state index in [1.807, 2.05) is 28.8 Å². The van der Waals surface area contributed by atoms with Crippen molar-refractivity contribution in [1.82, 2.24) is 14.3 Å². The molecule has 5 heteroatoms. The first-order chi connectivity index (χ1) is 9.20. The number of carbonyl (C=O) groups is 1. The van der Waals surface area contributed by atoms with Gasteiger partial charge in [-0.2, -0.15) is 0 Å². The molecule has 0 saturated carbocycles. The number of likely N-dealkylation sites (N-methyl/N-ethyl adjacent to an activating group) is 1. The topological polar surface area (TPSA) is 40.9 Å². The number of carbonyl (C=O) groups excluding carboxylic acids is 1. The molecule has 1 unspecified atom stereocenters. The lowest BCUT2D eigenvalue weighted by atomic mass is 10.2. The second-order valence-corrected chi connectivity index (χ2v) is 5.14. The van der Waals surface area contributed by atoms with Crippen LogP contribution in [0.25, 0.3) is 5.65 Å². The highest BCUT2D eigenvalue weighted by Crippen LogP contribution is 2.22. The van der Waals surface area contributed by atoms with Crippen LogP contribution < -0.4 is 4.90 Å². The molecular formula is C14H18N4O. The number of imidazole rings is 1. The molecule has 100 valence electrons. The Balaban J connectivity index is 2.02. The van der Waals surface area contributed by atoms with E-state index in [1.54, 1.807) is 0 Å². The van der Waals surface area contributed by atoms with Crippen molar-refractivity contribution in [2.24, 2.45) is 0 Å². The molecule has 3 heterocycles. The van der Waals surface area contributed by atoms with Gasteiger partial charge < -0.3 is 9.80 Å². The van der Waals surface area contributed by atoms with Gasteiger partial charge in [-0.25, -0.2) is 4.98 Å². The number of pyridine rings is 1. The maximum atomic E-state index is 11.4. The summed E-state index contributed by atoms with van der Waals surface area (Å²) >= 11 is 0. The summed E-state index contributed by atoms with van der Waals surface area (Å²) in [7, 11) is 2.13. The SMILES string of the molecule is CC1CN(c2nc3ccccn3c2C=O)CCN1C. The number of hydrogen-bond acceptors (Lipinski definition) is 4. The molecule has 3 rings (SSSR count). The number of aldehydes is 1. The molecule has 0 radical (unpaired) electrons. The summed E-state index contributed by atoms with van der Waals surface area (Å²) in [5, 5.41) is 0. The van der Waals surface area contributed by atoms with Gasteiger partial charge >= 0.3 is 0 Å². The number of fused-ring (bicyclic) bond motifs is 1. The van der Waals surface area contributed by atoms with Gasteiger partial charge in [0, 0.05) is 31.9 Å². The first kappa shape index (κ1) is 12.2. The van der Waals surface area contributed by atoms with Crippen LogP contribution in [0.15, 0.2) is 24.4 Å². The van der Waals surface area contributed by atoms with Gasteiger partial charge in [-0.1, -0.05) is 6.07 Å². The van der Waals surface area contributed by atoms with Gasteiger partial charge in [-0.05, 0) is 26.1 Å². The number of hydrogen-bond donors (Lipinski definition) is 0. The van der Waals surface area contributed by atoms with E-state index in [4.69, 9.17) is 0 Å². The summed E-state index contributed by atoms with van der Waals surface area (Å²) in [6.07, 6.45) is 2.79. The van der Waals surface area contributed by atoms with Gasteiger partial charge in [0.15, 0.2) is 12.1 Å². The average molecular weight is 258 g/mol. The smallest absolute Gasteiger partial charge is 0.170 e. The second-order valence-electron chi connectivity index (χ2n) is 5.14. The number of rotatable bonds is 2. The van der Waals surface area contributed by atoms with E-state index in [0.29, 0.717) is 11.7 Å². The Labute approximate surface area is 112 Å². The lowest BCUT2D eigenvalue weighted by Gasteiger charge is -2.38. The predicted molar refractivity (Wildman–Crippen MR) is 74.9 cm³/mol. The van der Waals surface area contributed by atoms with Crippen molar-refractivity contribution < 1.29 is 4.79 Å². The number of anilines is 1. The van der Waals surface area contributed by atoms with E-state index >= 15 is 0 Å². The molecule has 0 aliphatic carbocycles. The molecule has 0 bridgehead atoms. The molecule has 2 aromatic rings. The van der Waals surface area contributed by atoms with Crippen LogP contribution in [0.1, 0.15) is 17.4 Å². The largest absolute Gasteiger partial charge is 0.352 e. The fourth-order valence-electron chi connectivity index (χ4n) is 2.59. The average Bonchev–Trinajstić information content (AvgIpc) is 2.80. The Morgan fingerprint density at radius 3 is 2.95 bits per heavy atom. The Morgan fingerprint density at radius 1 is 1.37 bits per heavy atom. The van der Waals surface area contributed by atoms with Gasteiger partial charge in [0.05, 0.1) is 0 Å². The van der Waals surface area contributed by atoms with Crippen LogP contribution in [0.2, 0.25) is 0 Å². The number of piperazine rings is 1. The molecule has 1 atom stereocenters. The molecule has 1 fully saturated rings. The van der Waals surface area contributed by atoms with Crippen molar-refractivity contribution in [3.63, 3.8) is 0 Å². The van der Waals surface area contributed by atoms with Crippen molar-refractivity contribution in [1.29, 1.82) is 0 Å². The Morgan fingerprint density at radius 2 is 2.21 bits per heavy atom. The van der Waals surface area contributed by atoms with Crippen molar-refractivity contribution in [3.05, 3.63) is 30.1 Å². The summed E-state index contributed by atoms with van der Waals surface area (Å²) in [6, 6.07) is 6.25. The Hall–Kier alpha value is -1.88.